The van der Waals surface area contributed by atoms with Crippen molar-refractivity contribution in [1.82, 2.24) is 4.98 Å². The Labute approximate surface area is 141 Å². The van der Waals surface area contributed by atoms with Crippen molar-refractivity contribution in [3.05, 3.63) is 47.2 Å². The van der Waals surface area contributed by atoms with Gasteiger partial charge in [-0.05, 0) is 31.1 Å². The quantitative estimate of drug-likeness (QED) is 0.631. The average molecular weight is 335 g/mol. The monoisotopic (exact) mass is 335 g/mol. The number of carbonyl (C=O) groups is 1. The summed E-state index contributed by atoms with van der Waals surface area (Å²) in [5.41, 5.74) is 2.34. The molecule has 6 nitrogen and oxygen atoms in total. The van der Waals surface area contributed by atoms with Gasteiger partial charge in [0.2, 0.25) is 0 Å². The highest BCUT2D eigenvalue weighted by atomic mass is 16.4. The minimum atomic E-state index is -1.10. The fourth-order valence-corrected chi connectivity index (χ4v) is 2.17. The van der Waals surface area contributed by atoms with E-state index in [9.17, 15) is 15.0 Å². The van der Waals surface area contributed by atoms with Gasteiger partial charge in [0.05, 0.1) is 18.6 Å². The van der Waals surface area contributed by atoms with E-state index in [1.165, 1.54) is 0 Å². The van der Waals surface area contributed by atoms with Crippen LogP contribution in [0.4, 0.5) is 0 Å². The third-order valence-corrected chi connectivity index (χ3v) is 3.69. The first-order valence-corrected chi connectivity index (χ1v) is 7.74. The number of rotatable bonds is 8. The predicted molar refractivity (Wildman–Crippen MR) is 91.2 cm³/mol. The average Bonchev–Trinajstić information content (AvgIpc) is 2.89. The topological polar surface area (TPSA) is 104 Å². The van der Waals surface area contributed by atoms with Crippen LogP contribution < -0.4 is 0 Å². The first-order valence-electron chi connectivity index (χ1n) is 7.74. The zero-order chi connectivity index (χ0) is 18.3. The van der Waals surface area contributed by atoms with Crippen LogP contribution in [-0.2, 0) is 4.79 Å². The molecule has 0 aliphatic rings. The van der Waals surface area contributed by atoms with Crippen molar-refractivity contribution in [2.45, 2.75) is 46.3 Å². The molecule has 0 radical (unpaired) electrons. The lowest BCUT2D eigenvalue weighted by Gasteiger charge is -2.23. The molecule has 0 saturated carbocycles. The first-order chi connectivity index (χ1) is 11.2. The summed E-state index contributed by atoms with van der Waals surface area (Å²) in [6.45, 7) is 7.05. The van der Waals surface area contributed by atoms with Gasteiger partial charge in [-0.25, -0.2) is 4.98 Å². The molecule has 0 amide bonds. The van der Waals surface area contributed by atoms with Crippen LogP contribution in [0.5, 0.6) is 0 Å². The van der Waals surface area contributed by atoms with Gasteiger partial charge in [-0.15, -0.1) is 0 Å². The van der Waals surface area contributed by atoms with Crippen LogP contribution in [0, 0.1) is 12.8 Å². The maximum Gasteiger partial charge on any atom is 0.305 e. The Bertz CT molecular complexity index is 642. The zero-order valence-electron chi connectivity index (χ0n) is 14.4. The van der Waals surface area contributed by atoms with E-state index in [0.29, 0.717) is 11.5 Å². The lowest BCUT2D eigenvalue weighted by Crippen LogP contribution is -2.31. The number of aromatic nitrogens is 1. The molecular weight excluding hydrogens is 310 g/mol. The third kappa shape index (κ3) is 6.52. The molecule has 0 fully saturated rings. The number of aliphatic carboxylic acids is 1. The molecule has 0 saturated heterocycles. The number of oxazole rings is 1. The number of aryl methyl sites for hydroxylation is 1. The van der Waals surface area contributed by atoms with E-state index in [-0.39, 0.29) is 6.42 Å². The smallest absolute Gasteiger partial charge is 0.305 e. The highest BCUT2D eigenvalue weighted by Gasteiger charge is 2.25. The summed E-state index contributed by atoms with van der Waals surface area (Å²) in [5, 5.41) is 28.6. The number of carboxylic acid groups (broad SMARTS) is 1. The molecule has 1 rings (SSSR count). The Kier molecular flexibility index (Phi) is 7.61. The molecule has 0 unspecified atom stereocenters. The van der Waals surface area contributed by atoms with Crippen LogP contribution in [0.15, 0.2) is 40.1 Å². The van der Waals surface area contributed by atoms with Crippen molar-refractivity contribution in [2.24, 2.45) is 5.92 Å². The van der Waals surface area contributed by atoms with Crippen molar-refractivity contribution < 1.29 is 24.5 Å². The Morgan fingerprint density at radius 3 is 2.58 bits per heavy atom. The molecular formula is C18H25NO5. The molecule has 3 atom stereocenters. The van der Waals surface area contributed by atoms with E-state index in [0.717, 1.165) is 11.3 Å². The standard InChI is InChI=1S/C18H25NO5/c1-11(8-15-10-24-14(4)19-15)6-5-7-12(2)18(23)13(3)16(20)9-17(21)22/h5-8,10,13,16,18,20,23H,9H2,1-4H3,(H,21,22)/t13-,16-,18-/m0/s1. The molecule has 6 heteroatoms. The second-order valence-corrected chi connectivity index (χ2v) is 5.92. The van der Waals surface area contributed by atoms with Crippen LogP contribution >= 0.6 is 0 Å². The van der Waals surface area contributed by atoms with Crippen molar-refractivity contribution in [3.63, 3.8) is 0 Å². The summed E-state index contributed by atoms with van der Waals surface area (Å²) < 4.78 is 5.13. The first kappa shape index (κ1) is 19.9. The van der Waals surface area contributed by atoms with Gasteiger partial charge >= 0.3 is 5.97 Å². The fraction of sp³-hybridized carbons (Fsp3) is 0.444. The van der Waals surface area contributed by atoms with Gasteiger partial charge in [-0.2, -0.15) is 0 Å². The number of nitrogens with zero attached hydrogens (tertiary/aromatic N) is 1. The van der Waals surface area contributed by atoms with Gasteiger partial charge in [0.15, 0.2) is 5.89 Å². The van der Waals surface area contributed by atoms with Gasteiger partial charge in [0, 0.05) is 12.8 Å². The Balaban J connectivity index is 2.67. The number of hydrogen-bond acceptors (Lipinski definition) is 5. The van der Waals surface area contributed by atoms with Crippen LogP contribution in [0.1, 0.15) is 38.8 Å². The fourth-order valence-electron chi connectivity index (χ4n) is 2.17. The van der Waals surface area contributed by atoms with E-state index in [4.69, 9.17) is 9.52 Å². The predicted octanol–water partition coefficient (Wildman–Crippen LogP) is 2.72. The highest BCUT2D eigenvalue weighted by Crippen LogP contribution is 2.18. The van der Waals surface area contributed by atoms with E-state index in [2.05, 4.69) is 4.98 Å². The normalized spacial score (nSPS) is 17.1. The summed E-state index contributed by atoms with van der Waals surface area (Å²) >= 11 is 0. The Hall–Kier alpha value is -2.18. The van der Waals surface area contributed by atoms with Gasteiger partial charge in [0.25, 0.3) is 0 Å². The molecule has 1 heterocycles. The third-order valence-electron chi connectivity index (χ3n) is 3.69. The molecule has 1 aromatic heterocycles. The minimum Gasteiger partial charge on any atom is -0.481 e. The summed E-state index contributed by atoms with van der Waals surface area (Å²) in [6.07, 6.45) is 6.43. The number of aliphatic hydroxyl groups is 2. The van der Waals surface area contributed by atoms with Gasteiger partial charge in [0.1, 0.15) is 12.0 Å². The molecule has 0 bridgehead atoms. The van der Waals surface area contributed by atoms with Crippen molar-refractivity contribution in [1.29, 1.82) is 0 Å². The Morgan fingerprint density at radius 2 is 2.04 bits per heavy atom. The van der Waals surface area contributed by atoms with Crippen molar-refractivity contribution in [3.8, 4) is 0 Å². The molecule has 0 aromatic carbocycles. The Morgan fingerprint density at radius 1 is 1.38 bits per heavy atom. The second-order valence-electron chi connectivity index (χ2n) is 5.92. The number of carboxylic acids is 1. The van der Waals surface area contributed by atoms with Gasteiger partial charge < -0.3 is 19.7 Å². The minimum absolute atomic E-state index is 0.389. The van der Waals surface area contributed by atoms with E-state index < -0.39 is 24.1 Å². The van der Waals surface area contributed by atoms with Crippen LogP contribution in [0.2, 0.25) is 0 Å². The van der Waals surface area contributed by atoms with Crippen molar-refractivity contribution >= 4 is 12.0 Å². The summed E-state index contributed by atoms with van der Waals surface area (Å²) in [6, 6.07) is 0. The lowest BCUT2D eigenvalue weighted by atomic mass is 9.91. The summed E-state index contributed by atoms with van der Waals surface area (Å²) in [5.74, 6) is -1.06. The molecule has 0 spiro atoms. The molecule has 24 heavy (non-hydrogen) atoms. The molecule has 132 valence electrons. The molecule has 0 aliphatic carbocycles. The molecule has 0 aliphatic heterocycles. The van der Waals surface area contributed by atoms with E-state index in [1.807, 2.05) is 19.1 Å². The van der Waals surface area contributed by atoms with Crippen LogP contribution in [-0.4, -0.2) is 38.5 Å². The van der Waals surface area contributed by atoms with Crippen LogP contribution in [0.25, 0.3) is 6.08 Å². The molecule has 3 N–H and O–H groups in total. The van der Waals surface area contributed by atoms with Gasteiger partial charge in [-0.1, -0.05) is 25.2 Å². The van der Waals surface area contributed by atoms with Crippen LogP contribution in [0.3, 0.4) is 0 Å². The SMILES string of the molecule is CC(C=CC=C(C)[C@H](O)[C@@H](C)[C@@H](O)CC(=O)O)=Cc1coc(C)n1. The number of aliphatic hydroxyl groups excluding tert-OH is 2. The van der Waals surface area contributed by atoms with E-state index in [1.54, 1.807) is 39.2 Å². The van der Waals surface area contributed by atoms with Gasteiger partial charge in [-0.3, -0.25) is 4.79 Å². The van der Waals surface area contributed by atoms with E-state index >= 15 is 0 Å². The maximum absolute atomic E-state index is 10.6. The van der Waals surface area contributed by atoms with Crippen molar-refractivity contribution in [2.75, 3.05) is 0 Å². The lowest BCUT2D eigenvalue weighted by molar-refractivity contribution is -0.140. The number of hydrogen-bond donors (Lipinski definition) is 3. The summed E-state index contributed by atoms with van der Waals surface area (Å²) in [7, 11) is 0. The second kappa shape index (κ2) is 9.20. The highest BCUT2D eigenvalue weighted by molar-refractivity contribution is 5.67. The summed E-state index contributed by atoms with van der Waals surface area (Å²) in [4.78, 5) is 14.8. The number of allylic oxidation sites excluding steroid dienone is 4. The maximum atomic E-state index is 10.6. The molecule has 1 aromatic rings. The largest absolute Gasteiger partial charge is 0.481 e. The zero-order valence-corrected chi connectivity index (χ0v) is 14.4.